The second kappa shape index (κ2) is 4.75. The third-order valence-electron chi connectivity index (χ3n) is 2.47. The van der Waals surface area contributed by atoms with Crippen LogP contribution in [0.5, 0.6) is 5.75 Å². The Bertz CT molecular complexity index is 437. The highest BCUT2D eigenvalue weighted by molar-refractivity contribution is 5.64. The maximum Gasteiger partial charge on any atom is 0.119 e. The Morgan fingerprint density at radius 2 is 2.06 bits per heavy atom. The molecule has 1 aromatic heterocycles. The Morgan fingerprint density at radius 1 is 1.19 bits per heavy atom. The van der Waals surface area contributed by atoms with E-state index in [1.807, 2.05) is 24.3 Å². The lowest BCUT2D eigenvalue weighted by atomic mass is 10.1. The predicted molar refractivity (Wildman–Crippen MR) is 63.4 cm³/mol. The third kappa shape index (κ3) is 2.19. The fraction of sp³-hybridized carbons (Fsp3) is 0.231. The van der Waals surface area contributed by atoms with Gasteiger partial charge in [0.25, 0.3) is 0 Å². The number of aryl methyl sites for hydroxylation is 1. The number of ether oxygens (including phenoxy) is 1. The van der Waals surface area contributed by atoms with Gasteiger partial charge in [-0.2, -0.15) is 10.2 Å². The molecule has 0 aliphatic heterocycles. The van der Waals surface area contributed by atoms with Crippen molar-refractivity contribution in [2.45, 2.75) is 13.3 Å². The molecule has 0 unspecified atom stereocenters. The van der Waals surface area contributed by atoms with Crippen LogP contribution >= 0.6 is 0 Å². The first-order valence-electron chi connectivity index (χ1n) is 5.29. The van der Waals surface area contributed by atoms with E-state index in [0.29, 0.717) is 0 Å². The van der Waals surface area contributed by atoms with Gasteiger partial charge in [-0.25, -0.2) is 0 Å². The predicted octanol–water partition coefficient (Wildman–Crippen LogP) is 2.71. The SMILES string of the molecule is CCc1cc(-c2cccc(OC)c2)cnn1. The molecule has 0 saturated heterocycles. The van der Waals surface area contributed by atoms with E-state index in [1.165, 1.54) is 0 Å². The minimum Gasteiger partial charge on any atom is -0.497 e. The minimum atomic E-state index is 0.854. The molecule has 1 aromatic carbocycles. The van der Waals surface area contributed by atoms with Crippen molar-refractivity contribution in [3.05, 3.63) is 42.2 Å². The minimum absolute atomic E-state index is 0.854. The van der Waals surface area contributed by atoms with Crippen molar-refractivity contribution >= 4 is 0 Å². The summed E-state index contributed by atoms with van der Waals surface area (Å²) in [5.74, 6) is 0.854. The Kier molecular flexibility index (Phi) is 3.15. The topological polar surface area (TPSA) is 35.0 Å². The molecule has 82 valence electrons. The quantitative estimate of drug-likeness (QED) is 0.788. The molecule has 0 atom stereocenters. The molecule has 16 heavy (non-hydrogen) atoms. The van der Waals surface area contributed by atoms with E-state index in [1.54, 1.807) is 13.3 Å². The third-order valence-corrected chi connectivity index (χ3v) is 2.47. The van der Waals surface area contributed by atoms with Crippen LogP contribution in [0.4, 0.5) is 0 Å². The lowest BCUT2D eigenvalue weighted by Gasteiger charge is -2.04. The van der Waals surface area contributed by atoms with Gasteiger partial charge in [0.1, 0.15) is 5.75 Å². The van der Waals surface area contributed by atoms with Gasteiger partial charge in [-0.15, -0.1) is 0 Å². The number of nitrogens with zero attached hydrogens (tertiary/aromatic N) is 2. The molecule has 0 amide bonds. The van der Waals surface area contributed by atoms with Crippen molar-refractivity contribution in [1.82, 2.24) is 10.2 Å². The zero-order chi connectivity index (χ0) is 11.4. The number of hydrogen-bond donors (Lipinski definition) is 0. The Labute approximate surface area is 95.1 Å². The van der Waals surface area contributed by atoms with Gasteiger partial charge in [0.05, 0.1) is 19.0 Å². The fourth-order valence-electron chi connectivity index (χ4n) is 1.54. The second-order valence-corrected chi connectivity index (χ2v) is 3.52. The van der Waals surface area contributed by atoms with Crippen LogP contribution in [0.25, 0.3) is 11.1 Å². The molecule has 3 nitrogen and oxygen atoms in total. The van der Waals surface area contributed by atoms with Crippen LogP contribution in [0.15, 0.2) is 36.5 Å². The normalized spacial score (nSPS) is 10.1. The molecular formula is C13H14N2O. The summed E-state index contributed by atoms with van der Waals surface area (Å²) < 4.78 is 5.20. The summed E-state index contributed by atoms with van der Waals surface area (Å²) in [7, 11) is 1.67. The van der Waals surface area contributed by atoms with Gasteiger partial charge in [-0.3, -0.25) is 0 Å². The smallest absolute Gasteiger partial charge is 0.119 e. The van der Waals surface area contributed by atoms with Gasteiger partial charge in [-0.05, 0) is 30.2 Å². The summed E-state index contributed by atoms with van der Waals surface area (Å²) in [6, 6.07) is 10.00. The molecule has 0 bridgehead atoms. The van der Waals surface area contributed by atoms with Crippen LogP contribution in [-0.4, -0.2) is 17.3 Å². The van der Waals surface area contributed by atoms with E-state index in [9.17, 15) is 0 Å². The van der Waals surface area contributed by atoms with E-state index in [4.69, 9.17) is 4.74 Å². The summed E-state index contributed by atoms with van der Waals surface area (Å²) in [5.41, 5.74) is 3.18. The largest absolute Gasteiger partial charge is 0.497 e. The molecule has 0 radical (unpaired) electrons. The van der Waals surface area contributed by atoms with Crippen molar-refractivity contribution in [2.24, 2.45) is 0 Å². The standard InChI is InChI=1S/C13H14N2O/c1-3-12-7-11(9-14-15-12)10-5-4-6-13(8-10)16-2/h4-9H,3H2,1-2H3. The Morgan fingerprint density at radius 3 is 2.81 bits per heavy atom. The van der Waals surface area contributed by atoms with Gasteiger partial charge in [-0.1, -0.05) is 19.1 Å². The highest BCUT2D eigenvalue weighted by atomic mass is 16.5. The molecular weight excluding hydrogens is 200 g/mol. The average Bonchev–Trinajstić information content (AvgIpc) is 2.39. The number of aromatic nitrogens is 2. The van der Waals surface area contributed by atoms with Crippen LogP contribution in [0.2, 0.25) is 0 Å². The van der Waals surface area contributed by atoms with Crippen molar-refractivity contribution in [1.29, 1.82) is 0 Å². The molecule has 0 saturated carbocycles. The first-order chi connectivity index (χ1) is 7.83. The van der Waals surface area contributed by atoms with E-state index >= 15 is 0 Å². The molecule has 3 heteroatoms. The van der Waals surface area contributed by atoms with Crippen LogP contribution in [0, 0.1) is 0 Å². The summed E-state index contributed by atoms with van der Waals surface area (Å²) in [4.78, 5) is 0. The number of rotatable bonds is 3. The maximum atomic E-state index is 5.20. The number of benzene rings is 1. The summed E-state index contributed by atoms with van der Waals surface area (Å²) >= 11 is 0. The monoisotopic (exact) mass is 214 g/mol. The van der Waals surface area contributed by atoms with Crippen LogP contribution in [0.3, 0.4) is 0 Å². The highest BCUT2D eigenvalue weighted by Gasteiger charge is 2.01. The van der Waals surface area contributed by atoms with E-state index in [2.05, 4.69) is 23.2 Å². The van der Waals surface area contributed by atoms with Gasteiger partial charge in [0.15, 0.2) is 0 Å². The van der Waals surface area contributed by atoms with Gasteiger partial charge < -0.3 is 4.74 Å². The van der Waals surface area contributed by atoms with E-state index < -0.39 is 0 Å². The second-order valence-electron chi connectivity index (χ2n) is 3.52. The zero-order valence-electron chi connectivity index (χ0n) is 9.47. The van der Waals surface area contributed by atoms with E-state index in [0.717, 1.165) is 29.0 Å². The molecule has 2 rings (SSSR count). The zero-order valence-corrected chi connectivity index (χ0v) is 9.47. The van der Waals surface area contributed by atoms with Gasteiger partial charge in [0.2, 0.25) is 0 Å². The molecule has 0 aliphatic carbocycles. The lowest BCUT2D eigenvalue weighted by Crippen LogP contribution is -1.91. The summed E-state index contributed by atoms with van der Waals surface area (Å²) in [5, 5.41) is 8.04. The van der Waals surface area contributed by atoms with Crippen LogP contribution in [-0.2, 0) is 6.42 Å². The van der Waals surface area contributed by atoms with Crippen molar-refractivity contribution < 1.29 is 4.74 Å². The van der Waals surface area contributed by atoms with Crippen LogP contribution in [0.1, 0.15) is 12.6 Å². The first-order valence-corrected chi connectivity index (χ1v) is 5.29. The Hall–Kier alpha value is -1.90. The maximum absolute atomic E-state index is 5.20. The Balaban J connectivity index is 2.41. The highest BCUT2D eigenvalue weighted by Crippen LogP contribution is 2.23. The van der Waals surface area contributed by atoms with Gasteiger partial charge >= 0.3 is 0 Å². The molecule has 0 spiro atoms. The first kappa shape index (κ1) is 10.6. The molecule has 0 fully saturated rings. The summed E-state index contributed by atoms with van der Waals surface area (Å²) in [6.45, 7) is 2.07. The van der Waals surface area contributed by atoms with Crippen molar-refractivity contribution in [2.75, 3.05) is 7.11 Å². The lowest BCUT2D eigenvalue weighted by molar-refractivity contribution is 0.415. The summed E-state index contributed by atoms with van der Waals surface area (Å²) in [6.07, 6.45) is 2.67. The van der Waals surface area contributed by atoms with Gasteiger partial charge in [0, 0.05) is 5.56 Å². The average molecular weight is 214 g/mol. The molecule has 2 aromatic rings. The number of methoxy groups -OCH3 is 1. The van der Waals surface area contributed by atoms with E-state index in [-0.39, 0.29) is 0 Å². The number of hydrogen-bond acceptors (Lipinski definition) is 3. The molecule has 0 N–H and O–H groups in total. The molecule has 0 aliphatic rings. The van der Waals surface area contributed by atoms with Crippen molar-refractivity contribution in [3.63, 3.8) is 0 Å². The molecule has 1 heterocycles. The fourth-order valence-corrected chi connectivity index (χ4v) is 1.54. The van der Waals surface area contributed by atoms with Crippen molar-refractivity contribution in [3.8, 4) is 16.9 Å². The van der Waals surface area contributed by atoms with Crippen LogP contribution < -0.4 is 4.74 Å².